The molecule has 1 aromatic heterocycles. The molecule has 0 spiro atoms. The highest BCUT2D eigenvalue weighted by atomic mass is 16.4. The van der Waals surface area contributed by atoms with Crippen molar-refractivity contribution in [3.8, 4) is 0 Å². The number of aromatic nitrogens is 1. The van der Waals surface area contributed by atoms with Gasteiger partial charge in [-0.3, -0.25) is 10.1 Å². The molecule has 0 saturated heterocycles. The zero-order valence-electron chi connectivity index (χ0n) is 11.5. The highest BCUT2D eigenvalue weighted by molar-refractivity contribution is 6.01. The molecule has 0 unspecified atom stereocenters. The smallest absolute Gasteiger partial charge is 0.410 e. The van der Waals surface area contributed by atoms with Crippen LogP contribution in [0.4, 0.5) is 10.6 Å². The summed E-state index contributed by atoms with van der Waals surface area (Å²) in [6.45, 7) is 0.579. The Morgan fingerprint density at radius 3 is 2.70 bits per heavy atom. The molecule has 0 fully saturated rings. The maximum atomic E-state index is 11.4. The Kier molecular flexibility index (Phi) is 4.14. The van der Waals surface area contributed by atoms with Gasteiger partial charge in [-0.1, -0.05) is 0 Å². The fourth-order valence-corrected chi connectivity index (χ4v) is 2.20. The summed E-state index contributed by atoms with van der Waals surface area (Å²) in [6, 6.07) is 3.44. The van der Waals surface area contributed by atoms with Crippen molar-refractivity contribution < 1.29 is 14.7 Å². The van der Waals surface area contributed by atoms with Gasteiger partial charge in [0.05, 0.1) is 5.69 Å². The first kappa shape index (κ1) is 14.2. The van der Waals surface area contributed by atoms with E-state index in [1.54, 1.807) is 12.1 Å². The molecule has 1 amide bonds. The van der Waals surface area contributed by atoms with Crippen LogP contribution >= 0.6 is 0 Å². The fraction of sp³-hybridized carbons (Fsp3) is 0.357. The number of carbonyl (C=O) groups is 2. The summed E-state index contributed by atoms with van der Waals surface area (Å²) in [5, 5.41) is 11.0. The highest BCUT2D eigenvalue weighted by Gasteiger charge is 2.18. The summed E-state index contributed by atoms with van der Waals surface area (Å²) >= 11 is 0. The van der Waals surface area contributed by atoms with Crippen molar-refractivity contribution in [3.05, 3.63) is 29.5 Å². The van der Waals surface area contributed by atoms with Crippen molar-refractivity contribution in [1.82, 2.24) is 9.88 Å². The molecule has 2 N–H and O–H groups in total. The molecule has 0 bridgehead atoms. The Hall–Kier alpha value is -2.21. The summed E-state index contributed by atoms with van der Waals surface area (Å²) in [6.07, 6.45) is 1.76. The Balaban J connectivity index is 2.37. The van der Waals surface area contributed by atoms with E-state index < -0.39 is 6.09 Å². The van der Waals surface area contributed by atoms with Crippen LogP contribution in [0.2, 0.25) is 0 Å². The maximum Gasteiger partial charge on any atom is 0.410 e. The van der Waals surface area contributed by atoms with Crippen LogP contribution < -0.4 is 5.32 Å². The first-order valence-electron chi connectivity index (χ1n) is 6.34. The molecule has 20 heavy (non-hydrogen) atoms. The normalized spacial score (nSPS) is 14.6. The molecule has 6 nitrogen and oxygen atoms in total. The largest absolute Gasteiger partial charge is 0.465 e. The minimum absolute atomic E-state index is 0.128. The molecule has 0 aromatic carbocycles. The highest BCUT2D eigenvalue weighted by Crippen LogP contribution is 2.29. The SMILES string of the molecule is CN(C)Cc1nc(NC(=O)O)ccc1C1=CC(=O)CC1. The van der Waals surface area contributed by atoms with Crippen LogP contribution in [-0.2, 0) is 11.3 Å². The predicted molar refractivity (Wildman–Crippen MR) is 75.5 cm³/mol. The van der Waals surface area contributed by atoms with E-state index in [0.717, 1.165) is 16.8 Å². The van der Waals surface area contributed by atoms with Gasteiger partial charge in [-0.15, -0.1) is 0 Å². The monoisotopic (exact) mass is 275 g/mol. The van der Waals surface area contributed by atoms with Gasteiger partial charge in [-0.05, 0) is 44.3 Å². The molecule has 1 heterocycles. The second kappa shape index (κ2) is 5.83. The summed E-state index contributed by atoms with van der Waals surface area (Å²) in [5.74, 6) is 0.423. The lowest BCUT2D eigenvalue weighted by molar-refractivity contribution is -0.114. The number of anilines is 1. The lowest BCUT2D eigenvalue weighted by Crippen LogP contribution is -2.16. The average molecular weight is 275 g/mol. The lowest BCUT2D eigenvalue weighted by atomic mass is 10.0. The van der Waals surface area contributed by atoms with Gasteiger partial charge in [-0.2, -0.15) is 0 Å². The van der Waals surface area contributed by atoms with E-state index in [9.17, 15) is 9.59 Å². The topological polar surface area (TPSA) is 82.5 Å². The van der Waals surface area contributed by atoms with Gasteiger partial charge in [0.25, 0.3) is 0 Å². The van der Waals surface area contributed by atoms with Crippen LogP contribution in [0.15, 0.2) is 18.2 Å². The third kappa shape index (κ3) is 3.42. The molecule has 1 aliphatic rings. The van der Waals surface area contributed by atoms with Crippen molar-refractivity contribution in [2.24, 2.45) is 0 Å². The maximum absolute atomic E-state index is 11.4. The Bertz CT molecular complexity index is 579. The molecule has 1 aromatic rings. The van der Waals surface area contributed by atoms with E-state index in [1.165, 1.54) is 0 Å². The predicted octanol–water partition coefficient (Wildman–Crippen LogP) is 1.98. The van der Waals surface area contributed by atoms with Crippen molar-refractivity contribution in [3.63, 3.8) is 0 Å². The van der Waals surface area contributed by atoms with Crippen LogP contribution in [0.5, 0.6) is 0 Å². The average Bonchev–Trinajstić information content (AvgIpc) is 2.74. The number of allylic oxidation sites excluding steroid dienone is 2. The van der Waals surface area contributed by atoms with E-state index in [-0.39, 0.29) is 5.78 Å². The molecule has 0 aliphatic heterocycles. The zero-order chi connectivity index (χ0) is 14.7. The van der Waals surface area contributed by atoms with Crippen LogP contribution in [0.3, 0.4) is 0 Å². The van der Waals surface area contributed by atoms with Crippen LogP contribution in [0.25, 0.3) is 5.57 Å². The van der Waals surface area contributed by atoms with Gasteiger partial charge in [0.15, 0.2) is 5.78 Å². The quantitative estimate of drug-likeness (QED) is 0.878. The molecule has 6 heteroatoms. The van der Waals surface area contributed by atoms with Gasteiger partial charge < -0.3 is 10.0 Å². The van der Waals surface area contributed by atoms with E-state index in [4.69, 9.17) is 5.11 Å². The molecular formula is C14H17N3O3. The van der Waals surface area contributed by atoms with E-state index >= 15 is 0 Å². The third-order valence-corrected chi connectivity index (χ3v) is 3.00. The van der Waals surface area contributed by atoms with Crippen molar-refractivity contribution >= 4 is 23.3 Å². The summed E-state index contributed by atoms with van der Waals surface area (Å²) in [7, 11) is 3.83. The molecule has 0 radical (unpaired) electrons. The number of carbonyl (C=O) groups excluding carboxylic acids is 1. The summed E-state index contributed by atoms with van der Waals surface area (Å²) in [4.78, 5) is 28.3. The van der Waals surface area contributed by atoms with Gasteiger partial charge >= 0.3 is 6.09 Å². The number of pyridine rings is 1. The molecule has 0 atom stereocenters. The number of ketones is 1. The number of carboxylic acid groups (broad SMARTS) is 1. The van der Waals surface area contributed by atoms with Gasteiger partial charge in [0.1, 0.15) is 5.82 Å². The Morgan fingerprint density at radius 2 is 2.15 bits per heavy atom. The van der Waals surface area contributed by atoms with Gasteiger partial charge in [0.2, 0.25) is 0 Å². The second-order valence-electron chi connectivity index (χ2n) is 4.99. The number of amides is 1. The lowest BCUT2D eigenvalue weighted by Gasteiger charge is -2.15. The third-order valence-electron chi connectivity index (χ3n) is 3.00. The number of hydrogen-bond donors (Lipinski definition) is 2. The molecule has 1 aliphatic carbocycles. The van der Waals surface area contributed by atoms with Crippen molar-refractivity contribution in [2.45, 2.75) is 19.4 Å². The number of rotatable bonds is 4. The number of nitrogens with zero attached hydrogens (tertiary/aromatic N) is 2. The molecule has 2 rings (SSSR count). The van der Waals surface area contributed by atoms with Crippen LogP contribution in [0.1, 0.15) is 24.1 Å². The minimum atomic E-state index is -1.14. The fourth-order valence-electron chi connectivity index (χ4n) is 2.20. The van der Waals surface area contributed by atoms with Gasteiger partial charge in [0, 0.05) is 18.5 Å². The summed E-state index contributed by atoms with van der Waals surface area (Å²) < 4.78 is 0. The number of hydrogen-bond acceptors (Lipinski definition) is 4. The van der Waals surface area contributed by atoms with E-state index in [0.29, 0.717) is 25.2 Å². The second-order valence-corrected chi connectivity index (χ2v) is 4.99. The van der Waals surface area contributed by atoms with Gasteiger partial charge in [-0.25, -0.2) is 9.78 Å². The van der Waals surface area contributed by atoms with E-state index in [2.05, 4.69) is 10.3 Å². The molecule has 0 saturated carbocycles. The first-order valence-corrected chi connectivity index (χ1v) is 6.34. The standard InChI is InChI=1S/C14H17N3O3/c1-17(2)8-12-11(9-3-4-10(18)7-9)5-6-13(15-12)16-14(19)20/h5-7H,3-4,8H2,1-2H3,(H,15,16)(H,19,20). The van der Waals surface area contributed by atoms with Crippen LogP contribution in [-0.4, -0.2) is 41.0 Å². The molecule has 106 valence electrons. The number of nitrogens with one attached hydrogen (secondary N) is 1. The summed E-state index contributed by atoms with van der Waals surface area (Å²) in [5.41, 5.74) is 2.66. The Labute approximate surface area is 117 Å². The minimum Gasteiger partial charge on any atom is -0.465 e. The van der Waals surface area contributed by atoms with Crippen LogP contribution in [0, 0.1) is 0 Å². The van der Waals surface area contributed by atoms with Crippen molar-refractivity contribution in [2.75, 3.05) is 19.4 Å². The van der Waals surface area contributed by atoms with Crippen molar-refractivity contribution in [1.29, 1.82) is 0 Å². The zero-order valence-corrected chi connectivity index (χ0v) is 11.5. The van der Waals surface area contributed by atoms with E-state index in [1.807, 2.05) is 25.1 Å². The first-order chi connectivity index (χ1) is 9.45. The molecular weight excluding hydrogens is 258 g/mol. The Morgan fingerprint density at radius 1 is 1.40 bits per heavy atom.